The number of aliphatic imine (C=N–C) groups is 1. The maximum Gasteiger partial charge on any atom is 0.188 e. The van der Waals surface area contributed by atoms with Gasteiger partial charge in [0.15, 0.2) is 5.96 Å². The molecule has 0 amide bonds. The molecule has 1 aliphatic heterocycles. The number of rotatable bonds is 6. The molecule has 1 rings (SSSR count). The van der Waals surface area contributed by atoms with Gasteiger partial charge in [0.2, 0.25) is 0 Å². The zero-order valence-electron chi connectivity index (χ0n) is 11.7. The van der Waals surface area contributed by atoms with Gasteiger partial charge in [-0.25, -0.2) is 0 Å². The first-order valence-electron chi connectivity index (χ1n) is 6.74. The zero-order chi connectivity index (χ0) is 12.5. The van der Waals surface area contributed by atoms with E-state index in [1.165, 1.54) is 32.7 Å². The second-order valence-electron chi connectivity index (χ2n) is 4.47. The van der Waals surface area contributed by atoms with Crippen LogP contribution in [0.25, 0.3) is 0 Å². The minimum absolute atomic E-state index is 0. The third kappa shape index (κ3) is 7.38. The van der Waals surface area contributed by atoms with Crippen LogP contribution in [-0.4, -0.2) is 68.1 Å². The third-order valence-corrected chi connectivity index (χ3v) is 3.15. The molecule has 0 unspecified atom stereocenters. The molecule has 0 aliphatic carbocycles. The number of hydrogen-bond acceptors (Lipinski definition) is 3. The van der Waals surface area contributed by atoms with Gasteiger partial charge in [-0.3, -0.25) is 9.89 Å². The van der Waals surface area contributed by atoms with Crippen molar-refractivity contribution < 1.29 is 0 Å². The number of nitrogens with zero attached hydrogens (tertiary/aromatic N) is 3. The topological polar surface area (TPSA) is 56.9 Å². The summed E-state index contributed by atoms with van der Waals surface area (Å²) < 4.78 is 0. The van der Waals surface area contributed by atoms with Gasteiger partial charge < -0.3 is 16.0 Å². The lowest BCUT2D eigenvalue weighted by Gasteiger charge is -2.33. The summed E-state index contributed by atoms with van der Waals surface area (Å²) in [6.45, 7) is 13.0. The molecule has 1 heterocycles. The highest BCUT2D eigenvalue weighted by Gasteiger charge is 2.14. The first-order chi connectivity index (χ1) is 8.26. The lowest BCUT2D eigenvalue weighted by atomic mass is 10.3. The highest BCUT2D eigenvalue weighted by molar-refractivity contribution is 14.0. The molecule has 0 saturated carbocycles. The van der Waals surface area contributed by atoms with Crippen molar-refractivity contribution >= 4 is 29.9 Å². The summed E-state index contributed by atoms with van der Waals surface area (Å²) in [6.07, 6.45) is 1.04. The molecule has 0 aromatic rings. The lowest BCUT2D eigenvalue weighted by Crippen LogP contribution is -2.48. The van der Waals surface area contributed by atoms with E-state index in [4.69, 9.17) is 5.73 Å². The Labute approximate surface area is 128 Å². The Kier molecular flexibility index (Phi) is 10.8. The van der Waals surface area contributed by atoms with Crippen molar-refractivity contribution in [2.45, 2.75) is 20.3 Å². The van der Waals surface area contributed by atoms with E-state index in [2.05, 4.69) is 34.0 Å². The van der Waals surface area contributed by atoms with Gasteiger partial charge in [-0.15, -0.1) is 24.0 Å². The van der Waals surface area contributed by atoms with Crippen molar-refractivity contribution in [2.75, 3.05) is 52.4 Å². The Balaban J connectivity index is 0.00000289. The normalized spacial score (nSPS) is 18.4. The maximum absolute atomic E-state index is 5.73. The second kappa shape index (κ2) is 10.8. The van der Waals surface area contributed by atoms with Crippen molar-refractivity contribution in [2.24, 2.45) is 10.7 Å². The van der Waals surface area contributed by atoms with Gasteiger partial charge >= 0.3 is 0 Å². The summed E-state index contributed by atoms with van der Waals surface area (Å²) in [5.41, 5.74) is 5.73. The van der Waals surface area contributed by atoms with Crippen molar-refractivity contribution in [1.82, 2.24) is 15.1 Å². The van der Waals surface area contributed by atoms with Gasteiger partial charge in [0.1, 0.15) is 0 Å². The molecule has 0 atom stereocenters. The van der Waals surface area contributed by atoms with Crippen LogP contribution in [0.15, 0.2) is 4.99 Å². The molecule has 1 aliphatic rings. The van der Waals surface area contributed by atoms with Gasteiger partial charge in [-0.2, -0.15) is 0 Å². The summed E-state index contributed by atoms with van der Waals surface area (Å²) in [5.74, 6) is 0.582. The second-order valence-corrected chi connectivity index (χ2v) is 4.47. The largest absolute Gasteiger partial charge is 0.370 e. The predicted molar refractivity (Wildman–Crippen MR) is 88.8 cm³/mol. The fraction of sp³-hybridized carbons (Fsp3) is 0.917. The molecule has 0 radical (unpaired) electrons. The molecule has 0 bridgehead atoms. The number of guanidine groups is 1. The van der Waals surface area contributed by atoms with E-state index in [-0.39, 0.29) is 24.0 Å². The summed E-state index contributed by atoms with van der Waals surface area (Å²) in [4.78, 5) is 9.17. The smallest absolute Gasteiger partial charge is 0.188 e. The van der Waals surface area contributed by atoms with Crippen molar-refractivity contribution in [3.8, 4) is 0 Å². The lowest BCUT2D eigenvalue weighted by molar-refractivity contribution is 0.139. The number of piperazine rings is 1. The fourth-order valence-electron chi connectivity index (χ4n) is 1.96. The predicted octanol–water partition coefficient (Wildman–Crippen LogP) is 0.556. The Morgan fingerprint density at radius 1 is 1.17 bits per heavy atom. The Morgan fingerprint density at radius 3 is 2.33 bits per heavy atom. The van der Waals surface area contributed by atoms with E-state index in [1.807, 2.05) is 0 Å². The Bertz CT molecular complexity index is 227. The van der Waals surface area contributed by atoms with Gasteiger partial charge in [0.05, 0.1) is 0 Å². The summed E-state index contributed by atoms with van der Waals surface area (Å²) in [5, 5.41) is 3.16. The van der Waals surface area contributed by atoms with Crippen LogP contribution in [0.5, 0.6) is 0 Å². The van der Waals surface area contributed by atoms with E-state index < -0.39 is 0 Å². The molecular formula is C12H28IN5. The zero-order valence-corrected chi connectivity index (χ0v) is 14.0. The average Bonchev–Trinajstić information content (AvgIpc) is 2.37. The Morgan fingerprint density at radius 2 is 1.78 bits per heavy atom. The standard InChI is InChI=1S/C12H27N5.HI/c1-3-5-14-12(13)15-6-7-17-10-8-16(4-2)9-11-17;/h3-11H2,1-2H3,(H3,13,14,15);1H. The van der Waals surface area contributed by atoms with E-state index >= 15 is 0 Å². The average molecular weight is 369 g/mol. The number of halogens is 1. The Hall–Kier alpha value is -0.0800. The van der Waals surface area contributed by atoms with Crippen LogP contribution in [0.2, 0.25) is 0 Å². The molecule has 0 aromatic heterocycles. The first kappa shape index (κ1) is 17.9. The van der Waals surface area contributed by atoms with E-state index in [0.29, 0.717) is 5.96 Å². The quantitative estimate of drug-likeness (QED) is 0.408. The van der Waals surface area contributed by atoms with Crippen LogP contribution in [0, 0.1) is 0 Å². The van der Waals surface area contributed by atoms with Crippen LogP contribution in [0.3, 0.4) is 0 Å². The van der Waals surface area contributed by atoms with E-state index in [9.17, 15) is 0 Å². The highest BCUT2D eigenvalue weighted by Crippen LogP contribution is 1.99. The molecule has 108 valence electrons. The van der Waals surface area contributed by atoms with E-state index in [0.717, 1.165) is 26.1 Å². The molecule has 18 heavy (non-hydrogen) atoms. The summed E-state index contributed by atoms with van der Waals surface area (Å²) in [6, 6.07) is 0. The number of hydrogen-bond donors (Lipinski definition) is 2. The van der Waals surface area contributed by atoms with Crippen LogP contribution in [-0.2, 0) is 0 Å². The van der Waals surface area contributed by atoms with Crippen molar-refractivity contribution in [3.63, 3.8) is 0 Å². The van der Waals surface area contributed by atoms with Crippen molar-refractivity contribution in [3.05, 3.63) is 0 Å². The number of nitrogens with one attached hydrogen (secondary N) is 1. The molecular weight excluding hydrogens is 341 g/mol. The maximum atomic E-state index is 5.73. The van der Waals surface area contributed by atoms with Crippen LogP contribution >= 0.6 is 24.0 Å². The van der Waals surface area contributed by atoms with Gasteiger partial charge in [0, 0.05) is 45.8 Å². The molecule has 0 aromatic carbocycles. The molecule has 3 N–H and O–H groups in total. The molecule has 6 heteroatoms. The SMILES string of the molecule is CCCN=C(N)NCCN1CCN(CC)CC1.I. The van der Waals surface area contributed by atoms with Crippen LogP contribution < -0.4 is 11.1 Å². The van der Waals surface area contributed by atoms with Crippen molar-refractivity contribution in [1.29, 1.82) is 0 Å². The minimum Gasteiger partial charge on any atom is -0.370 e. The molecule has 0 spiro atoms. The first-order valence-corrected chi connectivity index (χ1v) is 6.74. The molecule has 5 nitrogen and oxygen atoms in total. The van der Waals surface area contributed by atoms with Gasteiger partial charge in [-0.05, 0) is 13.0 Å². The molecule has 1 saturated heterocycles. The van der Waals surface area contributed by atoms with Crippen LogP contribution in [0.1, 0.15) is 20.3 Å². The van der Waals surface area contributed by atoms with Gasteiger partial charge in [-0.1, -0.05) is 13.8 Å². The molecule has 1 fully saturated rings. The van der Waals surface area contributed by atoms with E-state index in [1.54, 1.807) is 0 Å². The van der Waals surface area contributed by atoms with Crippen LogP contribution in [0.4, 0.5) is 0 Å². The monoisotopic (exact) mass is 369 g/mol. The number of nitrogens with two attached hydrogens (primary N) is 1. The number of likely N-dealkylation sites (N-methyl/N-ethyl adjacent to an activating group) is 1. The third-order valence-electron chi connectivity index (χ3n) is 3.15. The van der Waals surface area contributed by atoms with Gasteiger partial charge in [0.25, 0.3) is 0 Å². The fourth-order valence-corrected chi connectivity index (χ4v) is 1.96. The minimum atomic E-state index is 0. The summed E-state index contributed by atoms with van der Waals surface area (Å²) >= 11 is 0. The highest BCUT2D eigenvalue weighted by atomic mass is 127. The summed E-state index contributed by atoms with van der Waals surface area (Å²) in [7, 11) is 0.